The average Bonchev–Trinajstić information content (AvgIpc) is 2.28. The number of phosphoric acid groups is 1. The highest BCUT2D eigenvalue weighted by molar-refractivity contribution is 7.48. The molecule has 0 spiro atoms. The third-order valence-electron chi connectivity index (χ3n) is 1.96. The van der Waals surface area contributed by atoms with Crippen molar-refractivity contribution in [2.75, 3.05) is 13.2 Å². The lowest BCUT2D eigenvalue weighted by molar-refractivity contribution is 0.159. The molecular formula is C12H23O4P. The highest BCUT2D eigenvalue weighted by Gasteiger charge is 2.25. The Kier molecular flexibility index (Phi) is 10.3. The van der Waals surface area contributed by atoms with E-state index < -0.39 is 7.82 Å². The summed E-state index contributed by atoms with van der Waals surface area (Å²) in [4.78, 5) is 0. The van der Waals surface area contributed by atoms with Crippen molar-refractivity contribution < 1.29 is 18.1 Å². The molecule has 5 heteroatoms. The van der Waals surface area contributed by atoms with Crippen molar-refractivity contribution >= 4 is 7.82 Å². The maximum Gasteiger partial charge on any atom is 0.538 e. The van der Waals surface area contributed by atoms with Crippen molar-refractivity contribution in [1.29, 1.82) is 0 Å². The average molecular weight is 262 g/mol. The van der Waals surface area contributed by atoms with Crippen LogP contribution in [0.15, 0.2) is 0 Å². The van der Waals surface area contributed by atoms with Crippen LogP contribution in [-0.4, -0.2) is 13.2 Å². The van der Waals surface area contributed by atoms with E-state index in [2.05, 4.69) is 19.0 Å². The lowest BCUT2D eigenvalue weighted by atomic mass is 10.2. The van der Waals surface area contributed by atoms with Gasteiger partial charge in [0, 0.05) is 6.42 Å². The summed E-state index contributed by atoms with van der Waals surface area (Å²) < 4.78 is 26.5. The molecule has 0 atom stereocenters. The molecule has 0 unspecified atom stereocenters. The first-order valence-corrected chi connectivity index (χ1v) is 7.70. The van der Waals surface area contributed by atoms with Crippen LogP contribution in [0.25, 0.3) is 0 Å². The van der Waals surface area contributed by atoms with Crippen LogP contribution in [0.2, 0.25) is 0 Å². The molecule has 0 bridgehead atoms. The van der Waals surface area contributed by atoms with Gasteiger partial charge in [-0.25, -0.2) is 4.57 Å². The first-order chi connectivity index (χ1) is 8.18. The Labute approximate surface area is 105 Å². The van der Waals surface area contributed by atoms with Crippen LogP contribution in [0.4, 0.5) is 0 Å². The summed E-state index contributed by atoms with van der Waals surface area (Å²) in [5, 5.41) is 0. The molecule has 17 heavy (non-hydrogen) atoms. The molecule has 0 saturated carbocycles. The van der Waals surface area contributed by atoms with E-state index in [0.717, 1.165) is 12.8 Å². The lowest BCUT2D eigenvalue weighted by Crippen LogP contribution is -1.96. The number of hydrogen-bond donors (Lipinski definition) is 0. The molecule has 100 valence electrons. The summed E-state index contributed by atoms with van der Waals surface area (Å²) in [6, 6.07) is 0. The van der Waals surface area contributed by atoms with Gasteiger partial charge in [0.25, 0.3) is 0 Å². The second-order valence-corrected chi connectivity index (χ2v) is 5.06. The minimum atomic E-state index is -3.45. The minimum absolute atomic E-state index is 0.273. The zero-order valence-electron chi connectivity index (χ0n) is 11.0. The van der Waals surface area contributed by atoms with E-state index in [4.69, 9.17) is 13.6 Å². The Morgan fingerprint density at radius 1 is 1.00 bits per heavy atom. The fraction of sp³-hybridized carbons (Fsp3) is 0.833. The molecule has 0 saturated heterocycles. The van der Waals surface area contributed by atoms with Gasteiger partial charge in [0.05, 0.1) is 13.2 Å². The van der Waals surface area contributed by atoms with Crippen molar-refractivity contribution in [2.45, 2.75) is 52.9 Å². The molecule has 0 N–H and O–H groups in total. The van der Waals surface area contributed by atoms with Crippen molar-refractivity contribution in [3.05, 3.63) is 0 Å². The summed E-state index contributed by atoms with van der Waals surface area (Å²) in [7, 11) is -3.45. The summed E-state index contributed by atoms with van der Waals surface area (Å²) in [6.07, 6.45) is 7.79. The van der Waals surface area contributed by atoms with Crippen LogP contribution in [0, 0.1) is 12.0 Å². The zero-order chi connectivity index (χ0) is 13.0. The topological polar surface area (TPSA) is 44.8 Å². The van der Waals surface area contributed by atoms with Gasteiger partial charge < -0.3 is 4.52 Å². The SMILES string of the molecule is CCCCCCC#COP(=O)(OCC)OCC. The number of unbranched alkanes of at least 4 members (excludes halogenated alkanes) is 4. The molecule has 0 rings (SSSR count). The van der Waals surface area contributed by atoms with E-state index in [1.165, 1.54) is 19.3 Å². The van der Waals surface area contributed by atoms with Gasteiger partial charge in [0.15, 0.2) is 0 Å². The maximum absolute atomic E-state index is 11.8. The van der Waals surface area contributed by atoms with Crippen LogP contribution in [0.1, 0.15) is 52.9 Å². The molecule has 0 aromatic heterocycles. The summed E-state index contributed by atoms with van der Waals surface area (Å²) in [5.41, 5.74) is 0. The second-order valence-electron chi connectivity index (χ2n) is 3.46. The van der Waals surface area contributed by atoms with Gasteiger partial charge in [0.1, 0.15) is 6.11 Å². The van der Waals surface area contributed by atoms with Gasteiger partial charge in [-0.15, -0.1) is 0 Å². The van der Waals surface area contributed by atoms with Crippen LogP contribution in [0.3, 0.4) is 0 Å². The molecule has 0 aliphatic rings. The first kappa shape index (κ1) is 16.5. The third kappa shape index (κ3) is 9.23. The predicted molar refractivity (Wildman–Crippen MR) is 68.5 cm³/mol. The highest BCUT2D eigenvalue weighted by atomic mass is 31.2. The summed E-state index contributed by atoms with van der Waals surface area (Å²) in [6.45, 7) is 6.17. The van der Waals surface area contributed by atoms with Crippen molar-refractivity contribution in [2.24, 2.45) is 0 Å². The highest BCUT2D eigenvalue weighted by Crippen LogP contribution is 2.48. The Morgan fingerprint density at radius 2 is 1.65 bits per heavy atom. The quantitative estimate of drug-likeness (QED) is 0.356. The normalized spacial score (nSPS) is 10.8. The Bertz CT molecular complexity index is 270. The molecule has 0 aliphatic heterocycles. The lowest BCUT2D eigenvalue weighted by Gasteiger charge is -2.12. The van der Waals surface area contributed by atoms with Crippen LogP contribution in [-0.2, 0) is 18.1 Å². The van der Waals surface area contributed by atoms with Crippen molar-refractivity contribution in [3.63, 3.8) is 0 Å². The molecule has 0 radical (unpaired) electrons. The van der Waals surface area contributed by atoms with Gasteiger partial charge >= 0.3 is 7.82 Å². The Morgan fingerprint density at radius 3 is 2.18 bits per heavy atom. The third-order valence-corrected chi connectivity index (χ3v) is 3.42. The van der Waals surface area contributed by atoms with E-state index in [0.29, 0.717) is 0 Å². The number of rotatable bonds is 9. The van der Waals surface area contributed by atoms with Gasteiger partial charge in [0.2, 0.25) is 0 Å². The van der Waals surface area contributed by atoms with Gasteiger partial charge in [-0.3, -0.25) is 9.05 Å². The number of phosphoric ester groups is 1. The van der Waals surface area contributed by atoms with E-state index in [9.17, 15) is 4.57 Å². The molecule has 0 fully saturated rings. The standard InChI is InChI=1S/C12H23O4P/c1-4-7-8-9-10-11-12-16-17(13,14-5-2)15-6-3/h4-10H2,1-3H3. The maximum atomic E-state index is 11.8. The fourth-order valence-corrected chi connectivity index (χ4v) is 2.17. The largest absolute Gasteiger partial charge is 0.538 e. The Balaban J connectivity index is 3.88. The van der Waals surface area contributed by atoms with Crippen LogP contribution < -0.4 is 0 Å². The molecule has 0 amide bonds. The van der Waals surface area contributed by atoms with Gasteiger partial charge in [-0.2, -0.15) is 0 Å². The Hall–Kier alpha value is -0.490. The fourth-order valence-electron chi connectivity index (χ4n) is 1.19. The van der Waals surface area contributed by atoms with E-state index in [1.807, 2.05) is 0 Å². The zero-order valence-corrected chi connectivity index (χ0v) is 11.9. The predicted octanol–water partition coefficient (Wildman–Crippen LogP) is 4.12. The minimum Gasteiger partial charge on any atom is -0.350 e. The van der Waals surface area contributed by atoms with E-state index >= 15 is 0 Å². The molecule has 0 aromatic rings. The molecule has 4 nitrogen and oxygen atoms in total. The smallest absolute Gasteiger partial charge is 0.350 e. The molecule has 0 aromatic carbocycles. The molecule has 0 heterocycles. The summed E-state index contributed by atoms with van der Waals surface area (Å²) >= 11 is 0. The molecular weight excluding hydrogens is 239 g/mol. The van der Waals surface area contributed by atoms with Crippen molar-refractivity contribution in [1.82, 2.24) is 0 Å². The van der Waals surface area contributed by atoms with Crippen LogP contribution in [0.5, 0.6) is 0 Å². The van der Waals surface area contributed by atoms with Gasteiger partial charge in [-0.05, 0) is 20.3 Å². The van der Waals surface area contributed by atoms with E-state index in [1.54, 1.807) is 13.8 Å². The molecule has 0 aliphatic carbocycles. The summed E-state index contributed by atoms with van der Waals surface area (Å²) in [5.74, 6) is 2.81. The second kappa shape index (κ2) is 10.7. The monoisotopic (exact) mass is 262 g/mol. The first-order valence-electron chi connectivity index (χ1n) is 6.24. The van der Waals surface area contributed by atoms with E-state index in [-0.39, 0.29) is 13.2 Å². The number of hydrogen-bond acceptors (Lipinski definition) is 4. The van der Waals surface area contributed by atoms with Crippen LogP contribution >= 0.6 is 7.82 Å². The van der Waals surface area contributed by atoms with Gasteiger partial charge in [-0.1, -0.05) is 32.1 Å². The van der Waals surface area contributed by atoms with Crippen molar-refractivity contribution in [3.8, 4) is 12.0 Å².